The Labute approximate surface area is 100 Å². The van der Waals surface area contributed by atoms with Crippen LogP contribution in [0, 0.1) is 15.5 Å². The third-order valence-corrected chi connectivity index (χ3v) is 3.36. The van der Waals surface area contributed by atoms with Gasteiger partial charge >= 0.3 is 5.88 Å². The van der Waals surface area contributed by atoms with E-state index in [1.165, 1.54) is 12.5 Å². The lowest BCUT2D eigenvalue weighted by molar-refractivity contribution is -0.402. The molecule has 94 valence electrons. The largest absolute Gasteiger partial charge is 0.433 e. The molecule has 17 heavy (non-hydrogen) atoms. The monoisotopic (exact) mass is 238 g/mol. The van der Waals surface area contributed by atoms with Gasteiger partial charge in [0.15, 0.2) is 0 Å². The Morgan fingerprint density at radius 3 is 2.88 bits per heavy atom. The molecule has 0 spiro atoms. The van der Waals surface area contributed by atoms with Crippen LogP contribution in [0.3, 0.4) is 0 Å². The molecule has 1 aliphatic carbocycles. The number of nitro groups is 1. The highest BCUT2D eigenvalue weighted by Gasteiger charge is 2.30. The summed E-state index contributed by atoms with van der Waals surface area (Å²) in [5.41, 5.74) is 0.410. The molecule has 0 amide bonds. The molecule has 2 rings (SSSR count). The molecular formula is C12H18N2O3. The lowest BCUT2D eigenvalue weighted by atomic mass is 9.92. The van der Waals surface area contributed by atoms with Gasteiger partial charge in [0, 0.05) is 6.04 Å². The molecule has 1 unspecified atom stereocenters. The van der Waals surface area contributed by atoms with Gasteiger partial charge in [-0.25, -0.2) is 0 Å². The summed E-state index contributed by atoms with van der Waals surface area (Å²) >= 11 is 0. The molecule has 0 aromatic carbocycles. The van der Waals surface area contributed by atoms with Crippen molar-refractivity contribution in [3.63, 3.8) is 0 Å². The summed E-state index contributed by atoms with van der Waals surface area (Å²) in [5, 5.41) is 13.8. The molecule has 0 saturated heterocycles. The van der Waals surface area contributed by atoms with Gasteiger partial charge in [-0.15, -0.1) is 0 Å². The Bertz CT molecular complexity index is 412. The average molecular weight is 238 g/mol. The molecule has 1 aliphatic rings. The SMILES string of the molecule is CC1(C)CCC(NCc2ccc([N+](=O)[O-])o2)C1. The van der Waals surface area contributed by atoms with Crippen molar-refractivity contribution in [2.45, 2.75) is 45.7 Å². The van der Waals surface area contributed by atoms with Crippen LogP contribution in [-0.4, -0.2) is 11.0 Å². The molecule has 5 heteroatoms. The van der Waals surface area contributed by atoms with E-state index in [0.717, 1.165) is 12.8 Å². The van der Waals surface area contributed by atoms with E-state index in [1.807, 2.05) is 0 Å². The predicted octanol–water partition coefficient (Wildman–Crippen LogP) is 2.86. The second kappa shape index (κ2) is 4.49. The second-order valence-electron chi connectivity index (χ2n) is 5.48. The first-order chi connectivity index (χ1) is 7.96. The minimum absolute atomic E-state index is 0.187. The fraction of sp³-hybridized carbons (Fsp3) is 0.667. The third kappa shape index (κ3) is 3.06. The normalized spacial score (nSPS) is 22.8. The fourth-order valence-corrected chi connectivity index (χ4v) is 2.42. The lowest BCUT2D eigenvalue weighted by Crippen LogP contribution is -2.26. The highest BCUT2D eigenvalue weighted by Crippen LogP contribution is 2.37. The first-order valence-corrected chi connectivity index (χ1v) is 5.93. The van der Waals surface area contributed by atoms with E-state index in [9.17, 15) is 10.1 Å². The lowest BCUT2D eigenvalue weighted by Gasteiger charge is -2.17. The molecule has 1 aromatic heterocycles. The Morgan fingerprint density at radius 2 is 2.35 bits per heavy atom. The molecule has 1 heterocycles. The van der Waals surface area contributed by atoms with Crippen molar-refractivity contribution in [3.8, 4) is 0 Å². The Hall–Kier alpha value is -1.36. The zero-order chi connectivity index (χ0) is 12.5. The summed E-state index contributed by atoms with van der Waals surface area (Å²) in [5.74, 6) is 0.440. The van der Waals surface area contributed by atoms with Crippen molar-refractivity contribution in [1.29, 1.82) is 0 Å². The van der Waals surface area contributed by atoms with E-state index >= 15 is 0 Å². The molecular weight excluding hydrogens is 220 g/mol. The topological polar surface area (TPSA) is 68.3 Å². The van der Waals surface area contributed by atoms with Crippen molar-refractivity contribution in [2.75, 3.05) is 0 Å². The second-order valence-corrected chi connectivity index (χ2v) is 5.48. The number of nitrogens with zero attached hydrogens (tertiary/aromatic N) is 1. The number of nitrogens with one attached hydrogen (secondary N) is 1. The van der Waals surface area contributed by atoms with Crippen molar-refractivity contribution in [1.82, 2.24) is 5.32 Å². The van der Waals surface area contributed by atoms with Crippen LogP contribution in [0.2, 0.25) is 0 Å². The predicted molar refractivity (Wildman–Crippen MR) is 63.6 cm³/mol. The van der Waals surface area contributed by atoms with E-state index in [4.69, 9.17) is 4.42 Å². The molecule has 1 aromatic rings. The summed E-state index contributed by atoms with van der Waals surface area (Å²) in [6.07, 6.45) is 3.54. The molecule has 1 atom stereocenters. The first kappa shape index (κ1) is 12.1. The molecule has 5 nitrogen and oxygen atoms in total. The minimum atomic E-state index is -0.512. The van der Waals surface area contributed by atoms with Crippen LogP contribution in [-0.2, 0) is 6.54 Å². The fourth-order valence-electron chi connectivity index (χ4n) is 2.42. The van der Waals surface area contributed by atoms with E-state index in [0.29, 0.717) is 23.8 Å². The summed E-state index contributed by atoms with van der Waals surface area (Å²) < 4.78 is 5.10. The maximum Gasteiger partial charge on any atom is 0.433 e. The summed E-state index contributed by atoms with van der Waals surface area (Å²) in [6, 6.07) is 3.55. The van der Waals surface area contributed by atoms with Crippen LogP contribution in [0.25, 0.3) is 0 Å². The van der Waals surface area contributed by atoms with Crippen LogP contribution in [0.15, 0.2) is 16.5 Å². The quantitative estimate of drug-likeness (QED) is 0.647. The van der Waals surface area contributed by atoms with Gasteiger partial charge in [0.2, 0.25) is 0 Å². The summed E-state index contributed by atoms with van der Waals surface area (Å²) in [7, 11) is 0. The van der Waals surface area contributed by atoms with Gasteiger partial charge < -0.3 is 9.73 Å². The van der Waals surface area contributed by atoms with Crippen molar-refractivity contribution >= 4 is 5.88 Å². The molecule has 1 fully saturated rings. The molecule has 1 N–H and O–H groups in total. The van der Waals surface area contributed by atoms with Crippen LogP contribution in [0.1, 0.15) is 38.9 Å². The van der Waals surface area contributed by atoms with Crippen LogP contribution in [0.4, 0.5) is 5.88 Å². The minimum Gasteiger partial charge on any atom is -0.404 e. The van der Waals surface area contributed by atoms with E-state index < -0.39 is 4.92 Å². The van der Waals surface area contributed by atoms with Gasteiger partial charge in [-0.3, -0.25) is 10.1 Å². The summed E-state index contributed by atoms with van der Waals surface area (Å²) in [4.78, 5) is 9.94. The van der Waals surface area contributed by atoms with Crippen LogP contribution in [0.5, 0.6) is 0 Å². The standard InChI is InChI=1S/C12H18N2O3/c1-12(2)6-5-9(7-12)13-8-10-3-4-11(17-10)14(15)16/h3-4,9,13H,5-8H2,1-2H3. The highest BCUT2D eigenvalue weighted by atomic mass is 16.6. The van der Waals surface area contributed by atoms with Gasteiger partial charge in [0.25, 0.3) is 0 Å². The van der Waals surface area contributed by atoms with Gasteiger partial charge in [-0.1, -0.05) is 13.8 Å². The number of hydrogen-bond acceptors (Lipinski definition) is 4. The highest BCUT2D eigenvalue weighted by molar-refractivity contribution is 5.17. The van der Waals surface area contributed by atoms with Gasteiger partial charge in [0.1, 0.15) is 10.7 Å². The average Bonchev–Trinajstić information content (AvgIpc) is 2.81. The van der Waals surface area contributed by atoms with Crippen LogP contribution >= 0.6 is 0 Å². The van der Waals surface area contributed by atoms with Crippen molar-refractivity contribution < 1.29 is 9.34 Å². The zero-order valence-electron chi connectivity index (χ0n) is 10.2. The molecule has 0 aliphatic heterocycles. The Balaban J connectivity index is 1.84. The van der Waals surface area contributed by atoms with Crippen molar-refractivity contribution in [3.05, 3.63) is 28.0 Å². The number of rotatable bonds is 4. The molecule has 1 saturated carbocycles. The van der Waals surface area contributed by atoms with E-state index in [2.05, 4.69) is 19.2 Å². The maximum atomic E-state index is 10.5. The Kier molecular flexibility index (Phi) is 3.19. The van der Waals surface area contributed by atoms with Gasteiger partial charge in [0.05, 0.1) is 12.6 Å². The number of hydrogen-bond donors (Lipinski definition) is 1. The van der Waals surface area contributed by atoms with Crippen LogP contribution < -0.4 is 5.32 Å². The Morgan fingerprint density at radius 1 is 1.59 bits per heavy atom. The first-order valence-electron chi connectivity index (χ1n) is 5.93. The van der Waals surface area contributed by atoms with Crippen molar-refractivity contribution in [2.24, 2.45) is 5.41 Å². The van der Waals surface area contributed by atoms with E-state index in [1.54, 1.807) is 6.07 Å². The van der Waals surface area contributed by atoms with Gasteiger partial charge in [-0.05, 0) is 30.7 Å². The zero-order valence-corrected chi connectivity index (χ0v) is 10.2. The summed E-state index contributed by atoms with van der Waals surface area (Å²) in [6.45, 7) is 5.10. The number of furan rings is 1. The molecule has 0 radical (unpaired) electrons. The third-order valence-electron chi connectivity index (χ3n) is 3.36. The smallest absolute Gasteiger partial charge is 0.404 e. The molecule has 0 bridgehead atoms. The maximum absolute atomic E-state index is 10.5. The van der Waals surface area contributed by atoms with Gasteiger partial charge in [-0.2, -0.15) is 0 Å². The van der Waals surface area contributed by atoms with E-state index in [-0.39, 0.29) is 5.88 Å².